The highest BCUT2D eigenvalue weighted by molar-refractivity contribution is 6.04. The molecular formula is C23H21F3N4O2. The molecule has 0 saturated carbocycles. The molecule has 1 N–H and O–H groups in total. The Morgan fingerprint density at radius 1 is 0.906 bits per heavy atom. The van der Waals surface area contributed by atoms with E-state index in [1.54, 1.807) is 24.5 Å². The average molecular weight is 442 g/mol. The molecular weight excluding hydrogens is 421 g/mol. The summed E-state index contributed by atoms with van der Waals surface area (Å²) in [6, 6.07) is 12.0. The van der Waals surface area contributed by atoms with Gasteiger partial charge in [0.15, 0.2) is 5.82 Å². The van der Waals surface area contributed by atoms with Crippen molar-refractivity contribution in [3.8, 4) is 17.0 Å². The Balaban J connectivity index is 1.46. The van der Waals surface area contributed by atoms with E-state index in [0.717, 1.165) is 55.1 Å². The number of anilines is 2. The first-order chi connectivity index (χ1) is 15.4. The number of hydrogen-bond acceptors (Lipinski definition) is 5. The first kappa shape index (κ1) is 21.6. The maximum absolute atomic E-state index is 12.5. The normalized spacial score (nSPS) is 14.2. The van der Waals surface area contributed by atoms with Crippen molar-refractivity contribution in [3.05, 3.63) is 66.5 Å². The first-order valence-corrected chi connectivity index (χ1v) is 10.2. The minimum Gasteiger partial charge on any atom is -0.406 e. The molecule has 0 spiro atoms. The number of nitrogens with zero attached hydrogens (tertiary/aromatic N) is 3. The number of alkyl halides is 3. The summed E-state index contributed by atoms with van der Waals surface area (Å²) in [7, 11) is 0. The smallest absolute Gasteiger partial charge is 0.406 e. The van der Waals surface area contributed by atoms with E-state index < -0.39 is 6.36 Å². The fourth-order valence-corrected chi connectivity index (χ4v) is 3.59. The molecule has 0 aliphatic carbocycles. The van der Waals surface area contributed by atoms with Crippen LogP contribution in [0, 0.1) is 0 Å². The minimum atomic E-state index is -4.76. The van der Waals surface area contributed by atoms with Crippen molar-refractivity contribution in [1.29, 1.82) is 0 Å². The number of nitrogens with one attached hydrogen (secondary N) is 1. The third-order valence-corrected chi connectivity index (χ3v) is 5.10. The highest BCUT2D eigenvalue weighted by Crippen LogP contribution is 2.29. The quantitative estimate of drug-likeness (QED) is 0.582. The lowest BCUT2D eigenvalue weighted by molar-refractivity contribution is -0.274. The van der Waals surface area contributed by atoms with Crippen molar-refractivity contribution >= 4 is 17.4 Å². The van der Waals surface area contributed by atoms with Gasteiger partial charge in [0.25, 0.3) is 5.91 Å². The Hall–Kier alpha value is -3.62. The van der Waals surface area contributed by atoms with Crippen molar-refractivity contribution in [3.63, 3.8) is 0 Å². The Morgan fingerprint density at radius 2 is 1.56 bits per heavy atom. The maximum Gasteiger partial charge on any atom is 0.573 e. The van der Waals surface area contributed by atoms with Crippen LogP contribution in [0.4, 0.5) is 24.7 Å². The fraction of sp³-hybridized carbons (Fsp3) is 0.261. The van der Waals surface area contributed by atoms with Crippen molar-refractivity contribution in [2.75, 3.05) is 23.3 Å². The number of carbonyl (C=O) groups is 1. The van der Waals surface area contributed by atoms with Gasteiger partial charge in [0.2, 0.25) is 0 Å². The Kier molecular flexibility index (Phi) is 6.25. The van der Waals surface area contributed by atoms with Crippen molar-refractivity contribution in [2.24, 2.45) is 0 Å². The number of halogens is 3. The molecule has 6 nitrogen and oxygen atoms in total. The molecule has 3 aromatic rings. The third-order valence-electron chi connectivity index (χ3n) is 5.10. The van der Waals surface area contributed by atoms with E-state index in [2.05, 4.69) is 24.9 Å². The van der Waals surface area contributed by atoms with Gasteiger partial charge in [0.1, 0.15) is 11.4 Å². The molecule has 1 aliphatic heterocycles. The first-order valence-electron chi connectivity index (χ1n) is 10.2. The molecule has 0 radical (unpaired) electrons. The molecule has 0 bridgehead atoms. The van der Waals surface area contributed by atoms with Crippen molar-refractivity contribution in [1.82, 2.24) is 9.97 Å². The summed E-state index contributed by atoms with van der Waals surface area (Å²) in [5.74, 6) is 0.107. The number of benzene rings is 2. The average Bonchev–Trinajstić information content (AvgIpc) is 2.80. The summed E-state index contributed by atoms with van der Waals surface area (Å²) in [6.45, 7) is 1.89. The molecule has 0 unspecified atom stereocenters. The molecule has 1 aliphatic rings. The summed E-state index contributed by atoms with van der Waals surface area (Å²) in [6.07, 6.45) is 2.03. The topological polar surface area (TPSA) is 67.3 Å². The molecule has 1 saturated heterocycles. The largest absolute Gasteiger partial charge is 0.573 e. The van der Waals surface area contributed by atoms with E-state index in [1.165, 1.54) is 18.6 Å². The predicted octanol–water partition coefficient (Wildman–Crippen LogP) is 5.28. The number of aromatic nitrogens is 2. The second kappa shape index (κ2) is 9.25. The van der Waals surface area contributed by atoms with E-state index in [4.69, 9.17) is 0 Å². The number of hydrogen-bond donors (Lipinski definition) is 1. The third kappa shape index (κ3) is 5.35. The van der Waals surface area contributed by atoms with Crippen LogP contribution < -0.4 is 15.0 Å². The van der Waals surface area contributed by atoms with Gasteiger partial charge in [-0.15, -0.1) is 13.2 Å². The zero-order valence-electron chi connectivity index (χ0n) is 17.1. The number of ether oxygens (including phenoxy) is 1. The number of carbonyl (C=O) groups excluding carboxylic acids is 1. The number of amides is 1. The zero-order chi connectivity index (χ0) is 22.6. The van der Waals surface area contributed by atoms with Gasteiger partial charge >= 0.3 is 6.36 Å². The molecule has 1 aromatic heterocycles. The standard InChI is InChI=1S/C23H21F3N4O2/c24-23(25,26)32-19-10-8-18(9-11-19)29-22(31)17-6-4-16(5-7-17)20-21(28-13-12-27-20)30-14-2-1-3-15-30/h4-13H,1-3,14-15H2,(H,29,31). The fourth-order valence-electron chi connectivity index (χ4n) is 3.59. The lowest BCUT2D eigenvalue weighted by Crippen LogP contribution is -2.30. The van der Waals surface area contributed by atoms with Crippen LogP contribution in [0.3, 0.4) is 0 Å². The van der Waals surface area contributed by atoms with Crippen LogP contribution in [0.5, 0.6) is 5.75 Å². The van der Waals surface area contributed by atoms with Gasteiger partial charge in [-0.05, 0) is 55.7 Å². The lowest BCUT2D eigenvalue weighted by atomic mass is 10.1. The molecule has 166 valence electrons. The molecule has 2 aromatic carbocycles. The second-order valence-electron chi connectivity index (χ2n) is 7.38. The molecule has 1 amide bonds. The number of piperidine rings is 1. The zero-order valence-corrected chi connectivity index (χ0v) is 17.1. The van der Waals surface area contributed by atoms with Crippen LogP contribution >= 0.6 is 0 Å². The lowest BCUT2D eigenvalue weighted by Gasteiger charge is -2.28. The predicted molar refractivity (Wildman–Crippen MR) is 115 cm³/mol. The summed E-state index contributed by atoms with van der Waals surface area (Å²) in [5.41, 5.74) is 2.38. The van der Waals surface area contributed by atoms with Gasteiger partial charge in [-0.1, -0.05) is 12.1 Å². The second-order valence-corrected chi connectivity index (χ2v) is 7.38. The summed E-state index contributed by atoms with van der Waals surface area (Å²) < 4.78 is 40.6. The highest BCUT2D eigenvalue weighted by Gasteiger charge is 2.31. The van der Waals surface area contributed by atoms with Crippen molar-refractivity contribution < 1.29 is 22.7 Å². The summed E-state index contributed by atoms with van der Waals surface area (Å²) >= 11 is 0. The van der Waals surface area contributed by atoms with Gasteiger partial charge in [0.05, 0.1) is 0 Å². The molecule has 1 fully saturated rings. The molecule has 0 atom stereocenters. The van der Waals surface area contributed by atoms with E-state index in [-0.39, 0.29) is 11.7 Å². The Morgan fingerprint density at radius 3 is 2.22 bits per heavy atom. The van der Waals surface area contributed by atoms with Crippen LogP contribution in [0.25, 0.3) is 11.3 Å². The number of rotatable bonds is 5. The summed E-state index contributed by atoms with van der Waals surface area (Å²) in [5, 5.41) is 2.66. The Bertz CT molecular complexity index is 1060. The minimum absolute atomic E-state index is 0.353. The van der Waals surface area contributed by atoms with Crippen LogP contribution in [-0.4, -0.2) is 35.3 Å². The van der Waals surface area contributed by atoms with E-state index in [9.17, 15) is 18.0 Å². The van der Waals surface area contributed by atoms with Gasteiger partial charge in [0, 0.05) is 42.3 Å². The van der Waals surface area contributed by atoms with Gasteiger partial charge in [-0.2, -0.15) is 0 Å². The van der Waals surface area contributed by atoms with E-state index >= 15 is 0 Å². The van der Waals surface area contributed by atoms with Crippen LogP contribution in [0.2, 0.25) is 0 Å². The van der Waals surface area contributed by atoms with Crippen LogP contribution in [-0.2, 0) is 0 Å². The Labute approximate surface area is 183 Å². The van der Waals surface area contributed by atoms with Gasteiger partial charge < -0.3 is 15.0 Å². The van der Waals surface area contributed by atoms with Gasteiger partial charge in [-0.25, -0.2) is 4.98 Å². The van der Waals surface area contributed by atoms with E-state index in [1.807, 2.05) is 12.1 Å². The van der Waals surface area contributed by atoms with Crippen LogP contribution in [0.1, 0.15) is 29.6 Å². The van der Waals surface area contributed by atoms with E-state index in [0.29, 0.717) is 11.3 Å². The SMILES string of the molecule is O=C(Nc1ccc(OC(F)(F)F)cc1)c1ccc(-c2nccnc2N2CCCCC2)cc1. The molecule has 9 heteroatoms. The highest BCUT2D eigenvalue weighted by atomic mass is 19.4. The van der Waals surface area contributed by atoms with Gasteiger partial charge in [-0.3, -0.25) is 9.78 Å². The maximum atomic E-state index is 12.5. The monoisotopic (exact) mass is 442 g/mol. The summed E-state index contributed by atoms with van der Waals surface area (Å²) in [4.78, 5) is 23.8. The molecule has 2 heterocycles. The van der Waals surface area contributed by atoms with Crippen molar-refractivity contribution in [2.45, 2.75) is 25.6 Å². The van der Waals surface area contributed by atoms with Crippen LogP contribution in [0.15, 0.2) is 60.9 Å². The molecule has 4 rings (SSSR count). The molecule has 32 heavy (non-hydrogen) atoms.